The van der Waals surface area contributed by atoms with Crippen molar-refractivity contribution in [1.29, 1.82) is 0 Å². The fourth-order valence-corrected chi connectivity index (χ4v) is 2.21. The van der Waals surface area contributed by atoms with Gasteiger partial charge in [0.05, 0.1) is 11.2 Å². The second kappa shape index (κ2) is 9.50. The van der Waals surface area contributed by atoms with Crippen LogP contribution >= 0.6 is 24.8 Å². The number of carbonyl (C=O) groups is 1. The molecule has 23 heavy (non-hydrogen) atoms. The van der Waals surface area contributed by atoms with E-state index in [2.05, 4.69) is 15.4 Å². The molecule has 0 aliphatic carbocycles. The van der Waals surface area contributed by atoms with Crippen molar-refractivity contribution in [2.75, 3.05) is 6.54 Å². The Morgan fingerprint density at radius 2 is 2.00 bits per heavy atom. The van der Waals surface area contributed by atoms with Crippen molar-refractivity contribution >= 4 is 30.7 Å². The van der Waals surface area contributed by atoms with Crippen LogP contribution in [0.2, 0.25) is 0 Å². The number of amides is 1. The van der Waals surface area contributed by atoms with Crippen LogP contribution in [0.15, 0.2) is 36.9 Å². The fourth-order valence-electron chi connectivity index (χ4n) is 2.21. The number of rotatable bonds is 6. The third-order valence-electron chi connectivity index (χ3n) is 3.91. The summed E-state index contributed by atoms with van der Waals surface area (Å²) < 4.78 is 1.62. The Kier molecular flexibility index (Phi) is 8.82. The predicted octanol–water partition coefficient (Wildman–Crippen LogP) is 2.36. The molecule has 0 bridgehead atoms. The van der Waals surface area contributed by atoms with Crippen molar-refractivity contribution in [3.05, 3.63) is 42.5 Å². The summed E-state index contributed by atoms with van der Waals surface area (Å²) in [5, 5.41) is 7.12. The van der Waals surface area contributed by atoms with Crippen molar-refractivity contribution in [2.45, 2.75) is 32.2 Å². The average molecular weight is 360 g/mol. The molecule has 6 nitrogen and oxygen atoms in total. The summed E-state index contributed by atoms with van der Waals surface area (Å²) in [6.07, 6.45) is 4.66. The molecule has 8 heteroatoms. The van der Waals surface area contributed by atoms with Gasteiger partial charge < -0.3 is 11.1 Å². The molecular weight excluding hydrogens is 337 g/mol. The van der Waals surface area contributed by atoms with Crippen LogP contribution in [0.4, 0.5) is 0 Å². The summed E-state index contributed by atoms with van der Waals surface area (Å²) in [5.41, 5.74) is 6.86. The first kappa shape index (κ1) is 21.4. The lowest BCUT2D eigenvalue weighted by Crippen LogP contribution is -2.52. The van der Waals surface area contributed by atoms with Gasteiger partial charge in [-0.15, -0.1) is 24.8 Å². The Balaban J connectivity index is 0.00000242. The van der Waals surface area contributed by atoms with Crippen molar-refractivity contribution in [1.82, 2.24) is 20.1 Å². The molecule has 128 valence electrons. The highest BCUT2D eigenvalue weighted by atomic mass is 35.5. The first-order valence-corrected chi connectivity index (χ1v) is 7.12. The van der Waals surface area contributed by atoms with E-state index in [0.717, 1.165) is 18.5 Å². The van der Waals surface area contributed by atoms with E-state index in [4.69, 9.17) is 5.73 Å². The smallest absolute Gasteiger partial charge is 0.251 e. The number of nitrogens with zero attached hydrogens (tertiary/aromatic N) is 3. The van der Waals surface area contributed by atoms with E-state index in [-0.39, 0.29) is 36.3 Å². The molecule has 2 aromatic rings. The topological polar surface area (TPSA) is 85.8 Å². The number of carbonyl (C=O) groups excluding carboxylic acids is 1. The lowest BCUT2D eigenvalue weighted by molar-refractivity contribution is 0.0895. The van der Waals surface area contributed by atoms with Crippen LogP contribution in [0.1, 0.15) is 37.0 Å². The van der Waals surface area contributed by atoms with Gasteiger partial charge >= 0.3 is 0 Å². The Morgan fingerprint density at radius 3 is 2.52 bits per heavy atom. The minimum absolute atomic E-state index is 0. The van der Waals surface area contributed by atoms with Crippen molar-refractivity contribution in [3.8, 4) is 5.69 Å². The van der Waals surface area contributed by atoms with E-state index in [1.807, 2.05) is 26.0 Å². The molecule has 1 aromatic carbocycles. The Hall–Kier alpha value is -1.63. The fraction of sp³-hybridized carbons (Fsp3) is 0.400. The van der Waals surface area contributed by atoms with Crippen LogP contribution in [-0.2, 0) is 0 Å². The average Bonchev–Trinajstić information content (AvgIpc) is 3.07. The lowest BCUT2D eigenvalue weighted by Gasteiger charge is -2.31. The van der Waals surface area contributed by atoms with E-state index in [1.165, 1.54) is 6.33 Å². The number of benzene rings is 1. The molecule has 0 atom stereocenters. The van der Waals surface area contributed by atoms with Gasteiger partial charge in [0.1, 0.15) is 12.7 Å². The molecular formula is C15H23Cl2N5O. The summed E-state index contributed by atoms with van der Waals surface area (Å²) in [5.74, 6) is -0.119. The molecule has 0 saturated carbocycles. The number of nitrogens with two attached hydrogens (primary N) is 1. The van der Waals surface area contributed by atoms with Gasteiger partial charge in [0, 0.05) is 12.1 Å². The lowest BCUT2D eigenvalue weighted by atomic mass is 9.92. The van der Waals surface area contributed by atoms with Crippen molar-refractivity contribution in [3.63, 3.8) is 0 Å². The molecule has 1 heterocycles. The van der Waals surface area contributed by atoms with Crippen LogP contribution in [0.5, 0.6) is 0 Å². The van der Waals surface area contributed by atoms with Crippen LogP contribution in [0, 0.1) is 0 Å². The molecule has 0 unspecified atom stereocenters. The van der Waals surface area contributed by atoms with E-state index in [1.54, 1.807) is 23.1 Å². The van der Waals surface area contributed by atoms with Crippen LogP contribution < -0.4 is 11.1 Å². The van der Waals surface area contributed by atoms with E-state index in [0.29, 0.717) is 12.1 Å². The quantitative estimate of drug-likeness (QED) is 0.828. The summed E-state index contributed by atoms with van der Waals surface area (Å²) in [6.45, 7) is 4.49. The molecule has 1 aromatic heterocycles. The number of hydrogen-bond acceptors (Lipinski definition) is 4. The molecule has 0 fully saturated rings. The van der Waals surface area contributed by atoms with Gasteiger partial charge in [-0.25, -0.2) is 9.67 Å². The third kappa shape index (κ3) is 4.92. The maximum atomic E-state index is 12.4. The van der Waals surface area contributed by atoms with E-state index < -0.39 is 0 Å². The predicted molar refractivity (Wildman–Crippen MR) is 95.7 cm³/mol. The largest absolute Gasteiger partial charge is 0.345 e. The molecule has 2 rings (SSSR count). The molecule has 0 saturated heterocycles. The number of hydrogen-bond donors (Lipinski definition) is 2. The van der Waals surface area contributed by atoms with Gasteiger partial charge in [0.25, 0.3) is 5.91 Å². The van der Waals surface area contributed by atoms with E-state index in [9.17, 15) is 4.79 Å². The zero-order valence-electron chi connectivity index (χ0n) is 13.2. The Morgan fingerprint density at radius 1 is 1.30 bits per heavy atom. The Bertz CT molecular complexity index is 591. The van der Waals surface area contributed by atoms with Crippen LogP contribution in [0.25, 0.3) is 5.69 Å². The molecule has 1 amide bonds. The van der Waals surface area contributed by atoms with Crippen LogP contribution in [0.3, 0.4) is 0 Å². The zero-order chi connectivity index (χ0) is 15.3. The first-order chi connectivity index (χ1) is 10.1. The minimum Gasteiger partial charge on any atom is -0.345 e. The third-order valence-corrected chi connectivity index (χ3v) is 3.91. The van der Waals surface area contributed by atoms with Gasteiger partial charge in [0.15, 0.2) is 0 Å². The maximum Gasteiger partial charge on any atom is 0.251 e. The normalized spacial score (nSPS) is 10.4. The van der Waals surface area contributed by atoms with Gasteiger partial charge in [-0.2, -0.15) is 5.10 Å². The highest BCUT2D eigenvalue weighted by Crippen LogP contribution is 2.15. The van der Waals surface area contributed by atoms with E-state index >= 15 is 0 Å². The van der Waals surface area contributed by atoms with Crippen LogP contribution in [-0.4, -0.2) is 32.8 Å². The van der Waals surface area contributed by atoms with Gasteiger partial charge in [-0.05, 0) is 31.0 Å². The standard InChI is InChI=1S/C15H21N5O.2ClH/c1-3-15(4-2,9-16)19-14(21)12-6-5-7-13(8-12)20-11-17-10-18-20;;/h5-8,10-11H,3-4,9,16H2,1-2H3,(H,19,21);2*1H. The number of aromatic nitrogens is 3. The monoisotopic (exact) mass is 359 g/mol. The molecule has 0 spiro atoms. The summed E-state index contributed by atoms with van der Waals surface area (Å²) in [7, 11) is 0. The van der Waals surface area contributed by atoms with Crippen molar-refractivity contribution in [2.24, 2.45) is 5.73 Å². The molecule has 0 aliphatic rings. The second-order valence-electron chi connectivity index (χ2n) is 5.04. The van der Waals surface area contributed by atoms with Gasteiger partial charge in [-0.3, -0.25) is 4.79 Å². The summed E-state index contributed by atoms with van der Waals surface area (Å²) in [6, 6.07) is 7.27. The van der Waals surface area contributed by atoms with Crippen molar-refractivity contribution < 1.29 is 4.79 Å². The second-order valence-corrected chi connectivity index (χ2v) is 5.04. The molecule has 3 N–H and O–H groups in total. The van der Waals surface area contributed by atoms with Gasteiger partial charge in [0.2, 0.25) is 0 Å². The SMILES string of the molecule is CCC(CC)(CN)NC(=O)c1cccc(-n2cncn2)c1.Cl.Cl. The van der Waals surface area contributed by atoms with Gasteiger partial charge in [-0.1, -0.05) is 19.9 Å². The molecule has 0 radical (unpaired) electrons. The zero-order valence-corrected chi connectivity index (χ0v) is 14.9. The first-order valence-electron chi connectivity index (χ1n) is 7.12. The highest BCUT2D eigenvalue weighted by molar-refractivity contribution is 5.95. The number of nitrogens with one attached hydrogen (secondary N) is 1. The minimum atomic E-state index is -0.347. The Labute approximate surface area is 148 Å². The maximum absolute atomic E-state index is 12.4. The summed E-state index contributed by atoms with van der Waals surface area (Å²) >= 11 is 0. The molecule has 0 aliphatic heterocycles. The summed E-state index contributed by atoms with van der Waals surface area (Å²) in [4.78, 5) is 16.4. The number of halogens is 2. The highest BCUT2D eigenvalue weighted by Gasteiger charge is 2.26.